The van der Waals surface area contributed by atoms with Crippen molar-refractivity contribution in [1.29, 1.82) is 0 Å². The van der Waals surface area contributed by atoms with Gasteiger partial charge in [-0.25, -0.2) is 9.18 Å². The third-order valence-corrected chi connectivity index (χ3v) is 5.94. The highest BCUT2D eigenvalue weighted by Gasteiger charge is 2.28. The van der Waals surface area contributed by atoms with Crippen LogP contribution in [0.5, 0.6) is 0 Å². The molecule has 2 aliphatic rings. The predicted molar refractivity (Wildman–Crippen MR) is 117 cm³/mol. The van der Waals surface area contributed by atoms with Crippen LogP contribution in [0.25, 0.3) is 21.3 Å². The average Bonchev–Trinajstić information content (AvgIpc) is 3.62. The largest absolute Gasteiger partial charge is 0.477 e. The zero-order valence-electron chi connectivity index (χ0n) is 17.6. The fourth-order valence-electron chi connectivity index (χ4n) is 4.07. The number of benzene rings is 1. The highest BCUT2D eigenvalue weighted by molar-refractivity contribution is 5.93. The monoisotopic (exact) mass is 444 g/mol. The van der Waals surface area contributed by atoms with E-state index >= 15 is 4.39 Å². The summed E-state index contributed by atoms with van der Waals surface area (Å²) in [5.74, 6) is -1.82. The van der Waals surface area contributed by atoms with Gasteiger partial charge in [0.1, 0.15) is 11.4 Å². The van der Waals surface area contributed by atoms with Gasteiger partial charge in [0.15, 0.2) is 0 Å². The third kappa shape index (κ3) is 4.69. The Morgan fingerprint density at radius 1 is 1.25 bits per heavy atom. The summed E-state index contributed by atoms with van der Waals surface area (Å²) in [7, 11) is 0. The molecule has 1 aromatic carbocycles. The molecule has 4 rings (SSSR count). The molecule has 0 radical (unpaired) electrons. The number of anilines is 1. The number of hydrogen-bond donors (Lipinski definition) is 1. The molecule has 32 heavy (non-hydrogen) atoms. The lowest BCUT2D eigenvalue weighted by molar-refractivity contribution is 0.0695. The molecule has 0 spiro atoms. The third-order valence-electron chi connectivity index (χ3n) is 5.94. The van der Waals surface area contributed by atoms with Crippen LogP contribution in [0.3, 0.4) is 0 Å². The molecule has 0 amide bonds. The van der Waals surface area contributed by atoms with E-state index < -0.39 is 17.2 Å². The van der Waals surface area contributed by atoms with E-state index in [4.69, 9.17) is 10.3 Å². The zero-order valence-corrected chi connectivity index (χ0v) is 17.6. The van der Waals surface area contributed by atoms with E-state index in [1.807, 2.05) is 9.47 Å². The molecule has 1 aliphatic carbocycles. The molecule has 0 bridgehead atoms. The fourth-order valence-corrected chi connectivity index (χ4v) is 4.07. The average molecular weight is 444 g/mol. The van der Waals surface area contributed by atoms with Gasteiger partial charge in [-0.2, -0.15) is 0 Å². The first-order chi connectivity index (χ1) is 15.5. The molecule has 10 nitrogen and oxygen atoms in total. The maximum absolute atomic E-state index is 15.0. The highest BCUT2D eigenvalue weighted by Crippen LogP contribution is 2.38. The van der Waals surface area contributed by atoms with Crippen LogP contribution in [-0.2, 0) is 4.74 Å². The van der Waals surface area contributed by atoms with E-state index in [9.17, 15) is 14.7 Å². The van der Waals surface area contributed by atoms with Gasteiger partial charge in [0.25, 0.3) is 0 Å². The van der Waals surface area contributed by atoms with Gasteiger partial charge in [-0.1, -0.05) is 5.11 Å². The minimum Gasteiger partial charge on any atom is -0.477 e. The summed E-state index contributed by atoms with van der Waals surface area (Å²) >= 11 is 0. The summed E-state index contributed by atoms with van der Waals surface area (Å²) in [5.41, 5.74) is 8.27. The molecule has 0 atom stereocenters. The Labute approximate surface area is 183 Å². The number of nitrogens with zero attached hydrogens (tertiary/aromatic N) is 6. The molecular formula is C21H25FN6O4. The van der Waals surface area contributed by atoms with E-state index in [1.165, 1.54) is 12.3 Å². The standard InChI is InChI=1S/C21H25FN6O4/c22-17-11-15-18(28(14-1-2-14)13-16(20(15)29)21(30)31)12-19(17)27-6-4-26(5-7-27)8-10-32-9-3-24-25-23/h11-14H,1-10H2,(H,30,31). The molecule has 1 N–H and O–H groups in total. The van der Waals surface area contributed by atoms with Gasteiger partial charge < -0.3 is 19.3 Å². The number of carbonyl (C=O) groups is 1. The van der Waals surface area contributed by atoms with Crippen LogP contribution in [0.1, 0.15) is 29.2 Å². The summed E-state index contributed by atoms with van der Waals surface area (Å²) in [5, 5.41) is 12.9. The zero-order chi connectivity index (χ0) is 22.7. The molecule has 0 unspecified atom stereocenters. The van der Waals surface area contributed by atoms with Gasteiger partial charge in [0, 0.05) is 61.8 Å². The summed E-state index contributed by atoms with van der Waals surface area (Å²) in [6.45, 7) is 4.71. The van der Waals surface area contributed by atoms with Gasteiger partial charge in [0.05, 0.1) is 24.4 Å². The molecule has 11 heteroatoms. The number of hydrogen-bond acceptors (Lipinski definition) is 6. The van der Waals surface area contributed by atoms with Crippen LogP contribution < -0.4 is 10.3 Å². The smallest absolute Gasteiger partial charge is 0.341 e. The Kier molecular flexibility index (Phi) is 6.59. The summed E-state index contributed by atoms with van der Waals surface area (Å²) in [6, 6.07) is 3.01. The Morgan fingerprint density at radius 3 is 2.66 bits per heavy atom. The first-order valence-corrected chi connectivity index (χ1v) is 10.7. The molecule has 2 fully saturated rings. The minimum absolute atomic E-state index is 0.106. The molecule has 2 heterocycles. The number of carboxylic acid groups (broad SMARTS) is 1. The van der Waals surface area contributed by atoms with E-state index in [0.29, 0.717) is 44.1 Å². The summed E-state index contributed by atoms with van der Waals surface area (Å²) in [4.78, 5) is 31.0. The number of rotatable bonds is 9. The lowest BCUT2D eigenvalue weighted by Gasteiger charge is -2.36. The summed E-state index contributed by atoms with van der Waals surface area (Å²) in [6.07, 6.45) is 3.22. The van der Waals surface area contributed by atoms with E-state index in [0.717, 1.165) is 32.5 Å². The van der Waals surface area contributed by atoms with E-state index in [-0.39, 0.29) is 17.0 Å². The number of halogens is 1. The van der Waals surface area contributed by atoms with Crippen LogP contribution in [0.4, 0.5) is 10.1 Å². The molecule has 170 valence electrons. The number of azide groups is 1. The molecule has 2 aromatic rings. The van der Waals surface area contributed by atoms with E-state index in [2.05, 4.69) is 14.9 Å². The van der Waals surface area contributed by atoms with Crippen molar-refractivity contribution in [3.05, 3.63) is 50.4 Å². The molecule has 1 saturated heterocycles. The topological polar surface area (TPSA) is 124 Å². The van der Waals surface area contributed by atoms with Gasteiger partial charge in [-0.3, -0.25) is 9.69 Å². The number of aromatic nitrogens is 1. The Balaban J connectivity index is 1.48. The Hall–Kier alpha value is -3.14. The van der Waals surface area contributed by atoms with Crippen molar-refractivity contribution in [2.24, 2.45) is 5.11 Å². The van der Waals surface area contributed by atoms with Crippen LogP contribution >= 0.6 is 0 Å². The number of ether oxygens (including phenoxy) is 1. The number of carboxylic acids is 1. The van der Waals surface area contributed by atoms with Gasteiger partial charge >= 0.3 is 5.97 Å². The number of fused-ring (bicyclic) bond motifs is 1. The Bertz CT molecular complexity index is 1120. The van der Waals surface area contributed by atoms with E-state index in [1.54, 1.807) is 6.07 Å². The predicted octanol–water partition coefficient (Wildman–Crippen LogP) is 2.62. The van der Waals surface area contributed by atoms with Crippen molar-refractivity contribution in [2.45, 2.75) is 18.9 Å². The van der Waals surface area contributed by atoms with Crippen LogP contribution in [0.2, 0.25) is 0 Å². The highest BCUT2D eigenvalue weighted by atomic mass is 19.1. The van der Waals surface area contributed by atoms with Crippen molar-refractivity contribution >= 4 is 22.6 Å². The second-order valence-corrected chi connectivity index (χ2v) is 8.03. The van der Waals surface area contributed by atoms with Crippen molar-refractivity contribution in [3.63, 3.8) is 0 Å². The number of pyridine rings is 1. The number of aromatic carboxylic acids is 1. The molecular weight excluding hydrogens is 419 g/mol. The van der Waals surface area contributed by atoms with Crippen molar-refractivity contribution in [1.82, 2.24) is 9.47 Å². The van der Waals surface area contributed by atoms with Crippen molar-refractivity contribution in [2.75, 3.05) is 57.4 Å². The lowest BCUT2D eigenvalue weighted by Crippen LogP contribution is -2.47. The maximum atomic E-state index is 15.0. The second-order valence-electron chi connectivity index (χ2n) is 8.03. The van der Waals surface area contributed by atoms with Gasteiger partial charge in [-0.15, -0.1) is 0 Å². The van der Waals surface area contributed by atoms with Crippen LogP contribution in [0, 0.1) is 5.82 Å². The van der Waals surface area contributed by atoms with Gasteiger partial charge in [0.2, 0.25) is 5.43 Å². The van der Waals surface area contributed by atoms with Crippen LogP contribution in [0.15, 0.2) is 28.2 Å². The van der Waals surface area contributed by atoms with Gasteiger partial charge in [-0.05, 0) is 30.5 Å². The minimum atomic E-state index is -1.30. The SMILES string of the molecule is [N-]=[N+]=NCCOCCN1CCN(c2cc3c(cc2F)c(=O)c(C(=O)O)cn3C2CC2)CC1. The quantitative estimate of drug-likeness (QED) is 0.274. The molecule has 1 aliphatic heterocycles. The van der Waals surface area contributed by atoms with Crippen LogP contribution in [-0.4, -0.2) is 73.0 Å². The first kappa shape index (κ1) is 22.1. The molecule has 1 saturated carbocycles. The normalized spacial score (nSPS) is 16.8. The number of piperazine rings is 1. The summed E-state index contributed by atoms with van der Waals surface area (Å²) < 4.78 is 22.3. The van der Waals surface area contributed by atoms with Crippen molar-refractivity contribution in [3.8, 4) is 0 Å². The second kappa shape index (κ2) is 9.56. The Morgan fingerprint density at radius 2 is 2.00 bits per heavy atom. The lowest BCUT2D eigenvalue weighted by atomic mass is 10.1. The van der Waals surface area contributed by atoms with Crippen molar-refractivity contribution < 1.29 is 19.0 Å². The first-order valence-electron chi connectivity index (χ1n) is 10.7. The molecule has 1 aromatic heterocycles. The maximum Gasteiger partial charge on any atom is 0.341 e. The fraction of sp³-hybridized carbons (Fsp3) is 0.524.